The lowest BCUT2D eigenvalue weighted by molar-refractivity contribution is -0.384. The van der Waals surface area contributed by atoms with Gasteiger partial charge in [0, 0.05) is 65.6 Å². The molecule has 0 aromatic heterocycles. The Hall–Kier alpha value is -2.62. The van der Waals surface area contributed by atoms with E-state index in [1.807, 2.05) is 48.5 Å². The predicted octanol–water partition coefficient (Wildman–Crippen LogP) is 6.16. The van der Waals surface area contributed by atoms with E-state index in [1.165, 1.54) is 12.1 Å². The molecular weight excluding hydrogens is 581 g/mol. The second-order valence-corrected chi connectivity index (χ2v) is 9.86. The van der Waals surface area contributed by atoms with Gasteiger partial charge in [0.05, 0.1) is 4.92 Å². The molecule has 1 N–H and O–H groups in total. The van der Waals surface area contributed by atoms with Gasteiger partial charge in [-0.1, -0.05) is 63.9 Å². The Kier molecular flexibility index (Phi) is 10.8. The molecule has 0 aliphatic carbocycles. The number of piperazine rings is 1. The smallest absolute Gasteiger partial charge is 0.270 e. The van der Waals surface area contributed by atoms with E-state index in [9.17, 15) is 15.2 Å². The highest BCUT2D eigenvalue weighted by Gasteiger charge is 2.20. The van der Waals surface area contributed by atoms with E-state index < -0.39 is 11.0 Å². The topological polar surface area (TPSA) is 79.1 Å². The standard InChI is InChI=1S/C27H27BrClN3O4.ClH/c28-26-7-2-1-4-20(26)8-9-21-16-24(32(34)35)10-11-27(21)36-19-25(33)18-30-12-14-31(15-13-30)23-6-3-5-22(29)17-23;/h1-11,16-17,25,33H,12-15,18-19H2;1H. The Balaban J connectivity index is 0.00000380. The normalized spacial score (nSPS) is 14.8. The summed E-state index contributed by atoms with van der Waals surface area (Å²) < 4.78 is 6.83. The molecule has 0 saturated carbocycles. The number of aliphatic hydroxyl groups excluding tert-OH is 1. The first-order valence-corrected chi connectivity index (χ1v) is 12.8. The summed E-state index contributed by atoms with van der Waals surface area (Å²) in [7, 11) is 0. The summed E-state index contributed by atoms with van der Waals surface area (Å²) in [6.45, 7) is 3.91. The molecule has 0 bridgehead atoms. The fourth-order valence-electron chi connectivity index (χ4n) is 4.10. The van der Waals surface area contributed by atoms with Gasteiger partial charge in [0.25, 0.3) is 5.69 Å². The molecule has 1 heterocycles. The van der Waals surface area contributed by atoms with Gasteiger partial charge in [-0.15, -0.1) is 12.4 Å². The summed E-state index contributed by atoms with van der Waals surface area (Å²) in [5.41, 5.74) is 2.59. The number of nitro benzene ring substituents is 1. The SMILES string of the molecule is Cl.O=[N+]([O-])c1ccc(OCC(O)CN2CCN(c3cccc(Cl)c3)CC2)c(C=Cc2ccccc2Br)c1. The molecule has 1 aliphatic heterocycles. The molecule has 3 aromatic rings. The number of anilines is 1. The number of rotatable bonds is 9. The lowest BCUT2D eigenvalue weighted by atomic mass is 10.1. The third-order valence-corrected chi connectivity index (χ3v) is 6.95. The number of hydrogen-bond donors (Lipinski definition) is 1. The quantitative estimate of drug-likeness (QED) is 0.178. The number of nitrogens with zero attached hydrogens (tertiary/aromatic N) is 3. The maximum atomic E-state index is 11.3. The Morgan fingerprint density at radius 2 is 1.76 bits per heavy atom. The first-order chi connectivity index (χ1) is 17.4. The molecule has 0 spiro atoms. The Labute approximate surface area is 236 Å². The van der Waals surface area contributed by atoms with Crippen molar-refractivity contribution in [3.63, 3.8) is 0 Å². The van der Waals surface area contributed by atoms with Crippen LogP contribution in [0.5, 0.6) is 5.75 Å². The number of aliphatic hydroxyl groups is 1. The maximum Gasteiger partial charge on any atom is 0.270 e. The molecule has 7 nitrogen and oxygen atoms in total. The third-order valence-electron chi connectivity index (χ3n) is 6.00. The van der Waals surface area contributed by atoms with Gasteiger partial charge in [-0.05, 0) is 35.9 Å². The summed E-state index contributed by atoms with van der Waals surface area (Å²) in [5.74, 6) is 0.480. The van der Waals surface area contributed by atoms with E-state index >= 15 is 0 Å². The number of β-amino-alcohol motifs (C(OH)–C–C–N with tert-alkyl or cyclic N) is 1. The van der Waals surface area contributed by atoms with Gasteiger partial charge in [-0.25, -0.2) is 0 Å². The van der Waals surface area contributed by atoms with Crippen LogP contribution in [0.25, 0.3) is 12.2 Å². The maximum absolute atomic E-state index is 11.3. The molecule has 0 amide bonds. The molecule has 3 aromatic carbocycles. The van der Waals surface area contributed by atoms with Crippen LogP contribution in [0.3, 0.4) is 0 Å². The van der Waals surface area contributed by atoms with Crippen LogP contribution in [-0.2, 0) is 0 Å². The minimum absolute atomic E-state index is 0. The van der Waals surface area contributed by atoms with Crippen molar-refractivity contribution in [1.82, 2.24) is 4.90 Å². The zero-order valence-corrected chi connectivity index (χ0v) is 23.2. The van der Waals surface area contributed by atoms with Crippen LogP contribution < -0.4 is 9.64 Å². The van der Waals surface area contributed by atoms with E-state index in [0.717, 1.165) is 46.9 Å². The molecule has 1 saturated heterocycles. The zero-order chi connectivity index (χ0) is 25.5. The van der Waals surface area contributed by atoms with Crippen LogP contribution in [0, 0.1) is 10.1 Å². The molecule has 196 valence electrons. The van der Waals surface area contributed by atoms with Crippen LogP contribution in [0.4, 0.5) is 11.4 Å². The van der Waals surface area contributed by atoms with Gasteiger partial charge in [0.2, 0.25) is 0 Å². The Morgan fingerprint density at radius 3 is 2.46 bits per heavy atom. The number of non-ortho nitro benzene ring substituents is 1. The number of nitro groups is 1. The number of halogens is 3. The highest BCUT2D eigenvalue weighted by atomic mass is 79.9. The molecule has 1 atom stereocenters. The first-order valence-electron chi connectivity index (χ1n) is 11.6. The predicted molar refractivity (Wildman–Crippen MR) is 155 cm³/mol. The van der Waals surface area contributed by atoms with E-state index in [0.29, 0.717) is 17.9 Å². The van der Waals surface area contributed by atoms with Crippen molar-refractivity contribution in [3.8, 4) is 5.75 Å². The van der Waals surface area contributed by atoms with Crippen LogP contribution in [0.2, 0.25) is 5.02 Å². The van der Waals surface area contributed by atoms with Crippen LogP contribution in [0.1, 0.15) is 11.1 Å². The monoisotopic (exact) mass is 607 g/mol. The summed E-state index contributed by atoms with van der Waals surface area (Å²) >= 11 is 9.62. The van der Waals surface area contributed by atoms with Crippen molar-refractivity contribution >= 4 is 63.5 Å². The highest BCUT2D eigenvalue weighted by Crippen LogP contribution is 2.28. The van der Waals surface area contributed by atoms with Crippen LogP contribution in [0.15, 0.2) is 71.2 Å². The minimum atomic E-state index is -0.696. The second kappa shape index (κ2) is 13.8. The van der Waals surface area contributed by atoms with E-state index in [4.69, 9.17) is 16.3 Å². The van der Waals surface area contributed by atoms with Gasteiger partial charge in [0.15, 0.2) is 0 Å². The highest BCUT2D eigenvalue weighted by molar-refractivity contribution is 9.10. The van der Waals surface area contributed by atoms with Gasteiger partial charge in [0.1, 0.15) is 18.5 Å². The van der Waals surface area contributed by atoms with Crippen molar-refractivity contribution in [2.45, 2.75) is 6.10 Å². The molecule has 1 aliphatic rings. The molecule has 37 heavy (non-hydrogen) atoms. The molecule has 4 rings (SSSR count). The van der Waals surface area contributed by atoms with Crippen molar-refractivity contribution in [2.75, 3.05) is 44.2 Å². The van der Waals surface area contributed by atoms with Gasteiger partial charge < -0.3 is 14.7 Å². The van der Waals surface area contributed by atoms with E-state index in [2.05, 4.69) is 31.8 Å². The fraction of sp³-hybridized carbons (Fsp3) is 0.259. The van der Waals surface area contributed by atoms with Crippen molar-refractivity contribution in [3.05, 3.63) is 97.5 Å². The van der Waals surface area contributed by atoms with Crippen molar-refractivity contribution in [1.29, 1.82) is 0 Å². The van der Waals surface area contributed by atoms with Crippen LogP contribution >= 0.6 is 39.9 Å². The summed E-state index contributed by atoms with van der Waals surface area (Å²) in [6, 6.07) is 20.0. The van der Waals surface area contributed by atoms with Gasteiger partial charge in [-0.2, -0.15) is 0 Å². The first kappa shape index (κ1) is 28.9. The molecule has 10 heteroatoms. The summed E-state index contributed by atoms with van der Waals surface area (Å²) in [4.78, 5) is 15.3. The lowest BCUT2D eigenvalue weighted by Crippen LogP contribution is -2.49. The molecule has 1 fully saturated rings. The van der Waals surface area contributed by atoms with E-state index in [-0.39, 0.29) is 24.7 Å². The lowest BCUT2D eigenvalue weighted by Gasteiger charge is -2.36. The summed E-state index contributed by atoms with van der Waals surface area (Å²) in [6.07, 6.45) is 2.95. The van der Waals surface area contributed by atoms with Crippen molar-refractivity contribution in [2.24, 2.45) is 0 Å². The van der Waals surface area contributed by atoms with Crippen molar-refractivity contribution < 1.29 is 14.8 Å². The number of ether oxygens (including phenoxy) is 1. The third kappa shape index (κ3) is 8.18. The number of hydrogen-bond acceptors (Lipinski definition) is 6. The second-order valence-electron chi connectivity index (χ2n) is 8.57. The van der Waals surface area contributed by atoms with Crippen LogP contribution in [-0.4, -0.2) is 60.4 Å². The molecular formula is C27H28BrCl2N3O4. The fourth-order valence-corrected chi connectivity index (χ4v) is 4.70. The largest absolute Gasteiger partial charge is 0.490 e. The van der Waals surface area contributed by atoms with Gasteiger partial charge in [-0.3, -0.25) is 15.0 Å². The average molecular weight is 609 g/mol. The Morgan fingerprint density at radius 1 is 1.03 bits per heavy atom. The molecule has 1 unspecified atom stereocenters. The molecule has 0 radical (unpaired) electrons. The van der Waals surface area contributed by atoms with E-state index in [1.54, 1.807) is 12.1 Å². The summed E-state index contributed by atoms with van der Waals surface area (Å²) in [5, 5.41) is 22.6. The average Bonchev–Trinajstić information content (AvgIpc) is 2.87. The number of benzene rings is 3. The minimum Gasteiger partial charge on any atom is -0.490 e. The Bertz CT molecular complexity index is 1240. The zero-order valence-electron chi connectivity index (χ0n) is 20.0. The van der Waals surface area contributed by atoms with Gasteiger partial charge >= 0.3 is 0 Å².